The molecular weight excluding hydrogens is 336 g/mol. The van der Waals surface area contributed by atoms with E-state index in [1.807, 2.05) is 6.07 Å². The van der Waals surface area contributed by atoms with Crippen LogP contribution in [0.2, 0.25) is 0 Å². The van der Waals surface area contributed by atoms with Gasteiger partial charge in [0.25, 0.3) is 0 Å². The average molecular weight is 352 g/mol. The van der Waals surface area contributed by atoms with Crippen LogP contribution in [0.3, 0.4) is 0 Å². The molecule has 26 heavy (non-hydrogen) atoms. The molecule has 1 aliphatic heterocycles. The van der Waals surface area contributed by atoms with Gasteiger partial charge in [-0.3, -0.25) is 0 Å². The molecule has 0 radical (unpaired) electrons. The second-order valence-electron chi connectivity index (χ2n) is 5.49. The van der Waals surface area contributed by atoms with E-state index in [-0.39, 0.29) is 23.6 Å². The first kappa shape index (κ1) is 17.2. The topological polar surface area (TPSA) is 124 Å². The number of carbonyl (C=O) groups is 1. The number of carbonyl (C=O) groups excluding carboxylic acids is 1. The molecule has 1 aliphatic rings. The predicted molar refractivity (Wildman–Crippen MR) is 89.7 cm³/mol. The molecule has 0 saturated carbocycles. The third kappa shape index (κ3) is 3.02. The fourth-order valence-corrected chi connectivity index (χ4v) is 2.81. The Morgan fingerprint density at radius 1 is 1.38 bits per heavy atom. The molecule has 1 unspecified atom stereocenters. The number of nitriles is 1. The Morgan fingerprint density at radius 2 is 2.12 bits per heavy atom. The Morgan fingerprint density at radius 3 is 2.69 bits per heavy atom. The summed E-state index contributed by atoms with van der Waals surface area (Å²) in [6.07, 6.45) is 1.24. The first-order valence-electron chi connectivity index (χ1n) is 7.89. The molecule has 132 valence electrons. The van der Waals surface area contributed by atoms with Crippen molar-refractivity contribution in [3.63, 3.8) is 0 Å². The third-order valence-electron chi connectivity index (χ3n) is 3.96. The molecule has 1 atom stereocenters. The molecule has 0 spiro atoms. The number of nitrogens with two attached hydrogens (primary N) is 1. The first-order chi connectivity index (χ1) is 12.6. The summed E-state index contributed by atoms with van der Waals surface area (Å²) in [7, 11) is 0. The monoisotopic (exact) mass is 352 g/mol. The summed E-state index contributed by atoms with van der Waals surface area (Å²) in [6, 6.07) is 9.15. The fraction of sp³-hybridized carbons (Fsp3) is 0.222. The Labute approximate surface area is 149 Å². The fourth-order valence-electron chi connectivity index (χ4n) is 2.81. The summed E-state index contributed by atoms with van der Waals surface area (Å²) in [4.78, 5) is 16.4. The van der Waals surface area contributed by atoms with Gasteiger partial charge in [0.1, 0.15) is 17.4 Å². The lowest BCUT2D eigenvalue weighted by Crippen LogP contribution is -2.25. The molecule has 0 saturated heterocycles. The predicted octanol–water partition coefficient (Wildman–Crippen LogP) is 2.38. The van der Waals surface area contributed by atoms with Crippen LogP contribution in [0.1, 0.15) is 25.3 Å². The van der Waals surface area contributed by atoms with Gasteiger partial charge in [-0.05, 0) is 19.4 Å². The van der Waals surface area contributed by atoms with E-state index in [4.69, 9.17) is 19.7 Å². The molecule has 0 amide bonds. The normalized spacial score (nSPS) is 16.9. The van der Waals surface area contributed by atoms with E-state index < -0.39 is 11.9 Å². The van der Waals surface area contributed by atoms with Crippen LogP contribution >= 0.6 is 0 Å². The zero-order valence-corrected chi connectivity index (χ0v) is 14.2. The van der Waals surface area contributed by atoms with Crippen molar-refractivity contribution in [3.05, 3.63) is 59.0 Å². The number of benzene rings is 1. The summed E-state index contributed by atoms with van der Waals surface area (Å²) in [6.45, 7) is 3.54. The minimum absolute atomic E-state index is 0.0229. The minimum Gasteiger partial charge on any atom is -0.463 e. The molecule has 2 heterocycles. The Hall–Kier alpha value is -3.60. The third-order valence-corrected chi connectivity index (χ3v) is 3.96. The summed E-state index contributed by atoms with van der Waals surface area (Å²) in [5, 5.41) is 13.3. The van der Waals surface area contributed by atoms with E-state index in [1.165, 1.54) is 6.39 Å². The number of allylic oxidation sites excluding steroid dienone is 2. The van der Waals surface area contributed by atoms with E-state index >= 15 is 0 Å². The van der Waals surface area contributed by atoms with Gasteiger partial charge in [0.15, 0.2) is 0 Å². The van der Waals surface area contributed by atoms with Crippen molar-refractivity contribution in [1.82, 2.24) is 10.1 Å². The molecule has 2 N–H and O–H groups in total. The van der Waals surface area contributed by atoms with Gasteiger partial charge in [0.05, 0.1) is 18.1 Å². The molecule has 1 aromatic carbocycles. The maximum Gasteiger partial charge on any atom is 0.338 e. The number of nitrogens with zero attached hydrogens (tertiary/aromatic N) is 3. The van der Waals surface area contributed by atoms with Crippen molar-refractivity contribution in [1.29, 1.82) is 5.26 Å². The van der Waals surface area contributed by atoms with Crippen LogP contribution in [0.5, 0.6) is 0 Å². The number of hydrogen-bond acceptors (Lipinski definition) is 8. The number of hydrogen-bond donors (Lipinski definition) is 1. The van der Waals surface area contributed by atoms with Crippen LogP contribution in [0.25, 0.3) is 11.4 Å². The van der Waals surface area contributed by atoms with Gasteiger partial charge >= 0.3 is 5.97 Å². The average Bonchev–Trinajstić information content (AvgIpc) is 3.16. The summed E-state index contributed by atoms with van der Waals surface area (Å²) in [5.41, 5.74) is 7.72. The van der Waals surface area contributed by atoms with Crippen molar-refractivity contribution in [2.45, 2.75) is 19.8 Å². The molecular formula is C18H16N4O4. The summed E-state index contributed by atoms with van der Waals surface area (Å²) >= 11 is 0. The lowest BCUT2D eigenvalue weighted by atomic mass is 9.83. The van der Waals surface area contributed by atoms with E-state index in [1.54, 1.807) is 38.1 Å². The largest absolute Gasteiger partial charge is 0.463 e. The second-order valence-corrected chi connectivity index (χ2v) is 5.49. The van der Waals surface area contributed by atoms with Crippen LogP contribution in [-0.4, -0.2) is 22.7 Å². The summed E-state index contributed by atoms with van der Waals surface area (Å²) < 4.78 is 15.3. The van der Waals surface area contributed by atoms with Crippen LogP contribution in [-0.2, 0) is 14.3 Å². The molecule has 3 rings (SSSR count). The van der Waals surface area contributed by atoms with E-state index in [9.17, 15) is 10.1 Å². The van der Waals surface area contributed by atoms with Gasteiger partial charge in [0.2, 0.25) is 18.1 Å². The molecule has 2 aromatic rings. The van der Waals surface area contributed by atoms with Gasteiger partial charge in [-0.2, -0.15) is 10.2 Å². The number of rotatable bonds is 4. The van der Waals surface area contributed by atoms with Crippen LogP contribution in [0.4, 0.5) is 0 Å². The Bertz CT molecular complexity index is 921. The zero-order chi connectivity index (χ0) is 18.7. The molecule has 1 aromatic heterocycles. The SMILES string of the molecule is CCOC(=O)C1=C(C)OC(N)=C(C#N)C1c1ccc(-c2ncon2)cc1. The molecule has 0 fully saturated rings. The molecule has 8 heteroatoms. The van der Waals surface area contributed by atoms with Gasteiger partial charge in [-0.25, -0.2) is 4.79 Å². The number of ether oxygens (including phenoxy) is 2. The Balaban J connectivity index is 2.06. The van der Waals surface area contributed by atoms with Crippen molar-refractivity contribution >= 4 is 5.97 Å². The maximum absolute atomic E-state index is 12.4. The molecule has 0 bridgehead atoms. The van der Waals surface area contributed by atoms with Gasteiger partial charge in [-0.15, -0.1) is 0 Å². The molecule has 8 nitrogen and oxygen atoms in total. The highest BCUT2D eigenvalue weighted by atomic mass is 16.5. The summed E-state index contributed by atoms with van der Waals surface area (Å²) in [5.74, 6) is -0.487. The molecule has 0 aliphatic carbocycles. The standard InChI is InChI=1S/C18H16N4O4/c1-3-24-18(23)14-10(2)26-16(20)13(8-19)15(14)11-4-6-12(7-5-11)17-21-9-25-22-17/h4-7,9,15H,3,20H2,1-2H3. The van der Waals surface area contributed by atoms with Gasteiger partial charge in [-0.1, -0.05) is 29.4 Å². The van der Waals surface area contributed by atoms with Crippen molar-refractivity contribution < 1.29 is 18.8 Å². The lowest BCUT2D eigenvalue weighted by Gasteiger charge is -2.26. The van der Waals surface area contributed by atoms with Gasteiger partial charge in [0, 0.05) is 5.56 Å². The lowest BCUT2D eigenvalue weighted by molar-refractivity contribution is -0.139. The van der Waals surface area contributed by atoms with Crippen LogP contribution in [0, 0.1) is 11.3 Å². The van der Waals surface area contributed by atoms with E-state index in [0.29, 0.717) is 17.1 Å². The zero-order valence-electron chi connectivity index (χ0n) is 14.2. The van der Waals surface area contributed by atoms with Crippen LogP contribution in [0.15, 0.2) is 58.0 Å². The van der Waals surface area contributed by atoms with Crippen molar-refractivity contribution in [3.8, 4) is 17.5 Å². The van der Waals surface area contributed by atoms with Crippen molar-refractivity contribution in [2.75, 3.05) is 6.61 Å². The highest BCUT2D eigenvalue weighted by Gasteiger charge is 2.36. The number of esters is 1. The van der Waals surface area contributed by atoms with Gasteiger partial charge < -0.3 is 19.7 Å². The van der Waals surface area contributed by atoms with Crippen LogP contribution < -0.4 is 5.73 Å². The second kappa shape index (κ2) is 7.11. The van der Waals surface area contributed by atoms with E-state index in [2.05, 4.69) is 10.1 Å². The minimum atomic E-state index is -0.674. The Kier molecular flexibility index (Phi) is 4.71. The first-order valence-corrected chi connectivity index (χ1v) is 7.89. The highest BCUT2D eigenvalue weighted by Crippen LogP contribution is 2.39. The quantitative estimate of drug-likeness (QED) is 0.832. The van der Waals surface area contributed by atoms with E-state index in [0.717, 1.165) is 5.56 Å². The highest BCUT2D eigenvalue weighted by molar-refractivity contribution is 5.92. The maximum atomic E-state index is 12.4. The smallest absolute Gasteiger partial charge is 0.338 e. The number of aromatic nitrogens is 2. The van der Waals surface area contributed by atoms with Crippen molar-refractivity contribution in [2.24, 2.45) is 5.73 Å².